The molecule has 0 aromatic heterocycles. The average Bonchev–Trinajstić information content (AvgIpc) is 2.75. The molecule has 0 aliphatic carbocycles. The number of hydrogen-bond donors (Lipinski definition) is 2. The Kier molecular flexibility index (Phi) is 7.59. The fraction of sp³-hybridized carbons (Fsp3) is 0.381. The summed E-state index contributed by atoms with van der Waals surface area (Å²) in [6.07, 6.45) is 1.24. The molecule has 0 bridgehead atoms. The van der Waals surface area contributed by atoms with Gasteiger partial charge in [0.1, 0.15) is 11.7 Å². The normalized spacial score (nSPS) is 18.8. The largest absolute Gasteiger partial charge is 0.368 e. The van der Waals surface area contributed by atoms with Gasteiger partial charge in [0.25, 0.3) is 0 Å². The predicted octanol–water partition coefficient (Wildman–Crippen LogP) is 3.22. The smallest absolute Gasteiger partial charge is 0.243 e. The Labute approximate surface area is 193 Å². The Bertz CT molecular complexity index is 1020. The van der Waals surface area contributed by atoms with Crippen LogP contribution in [0.5, 0.6) is 0 Å². The molecule has 31 heavy (non-hydrogen) atoms. The molecule has 2 aromatic carbocycles. The molecule has 0 saturated carbocycles. The van der Waals surface area contributed by atoms with Crippen molar-refractivity contribution in [1.29, 1.82) is 0 Å². The van der Waals surface area contributed by atoms with E-state index < -0.39 is 10.0 Å². The third-order valence-electron chi connectivity index (χ3n) is 5.70. The summed E-state index contributed by atoms with van der Waals surface area (Å²) >= 11 is 5.89. The molecular weight excluding hydrogens is 462 g/mol. The van der Waals surface area contributed by atoms with Crippen molar-refractivity contribution in [2.24, 2.45) is 4.99 Å². The predicted molar refractivity (Wildman–Crippen MR) is 123 cm³/mol. The van der Waals surface area contributed by atoms with Crippen molar-refractivity contribution >= 4 is 39.9 Å². The second kappa shape index (κ2) is 9.83. The van der Waals surface area contributed by atoms with Gasteiger partial charge in [-0.3, -0.25) is 4.99 Å². The first-order valence-electron chi connectivity index (χ1n) is 9.93. The molecule has 1 fully saturated rings. The number of benzene rings is 2. The summed E-state index contributed by atoms with van der Waals surface area (Å²) < 4.78 is 40.6. The van der Waals surface area contributed by atoms with E-state index in [1.807, 2.05) is 0 Å². The molecule has 1 saturated heterocycles. The van der Waals surface area contributed by atoms with E-state index in [-0.39, 0.29) is 28.7 Å². The molecular formula is C21H25Cl2FN4O2S. The van der Waals surface area contributed by atoms with Crippen LogP contribution in [0.25, 0.3) is 0 Å². The number of hydrogen-bond acceptors (Lipinski definition) is 5. The zero-order valence-corrected chi connectivity index (χ0v) is 19.2. The first kappa shape index (κ1) is 23.9. The van der Waals surface area contributed by atoms with E-state index >= 15 is 0 Å². The highest BCUT2D eigenvalue weighted by Crippen LogP contribution is 2.29. The first-order valence-corrected chi connectivity index (χ1v) is 11.7. The highest BCUT2D eigenvalue weighted by Gasteiger charge is 2.43. The lowest BCUT2D eigenvalue weighted by Gasteiger charge is -2.44. The highest BCUT2D eigenvalue weighted by atomic mass is 35.5. The minimum Gasteiger partial charge on any atom is -0.368 e. The van der Waals surface area contributed by atoms with Gasteiger partial charge in [0.2, 0.25) is 10.0 Å². The Morgan fingerprint density at radius 1 is 1.10 bits per heavy atom. The van der Waals surface area contributed by atoms with Gasteiger partial charge in [-0.2, -0.15) is 4.31 Å². The molecule has 2 aliphatic rings. The summed E-state index contributed by atoms with van der Waals surface area (Å²) in [5.41, 5.74) is 0.590. The third kappa shape index (κ3) is 5.21. The molecule has 4 rings (SSSR count). The molecule has 1 spiro atoms. The fourth-order valence-corrected chi connectivity index (χ4v) is 5.56. The van der Waals surface area contributed by atoms with Crippen LogP contribution in [-0.4, -0.2) is 50.3 Å². The van der Waals surface area contributed by atoms with Gasteiger partial charge in [0, 0.05) is 31.2 Å². The van der Waals surface area contributed by atoms with Crippen LogP contribution in [-0.2, 0) is 16.6 Å². The second-order valence-electron chi connectivity index (χ2n) is 7.58. The quantitative estimate of drug-likeness (QED) is 0.695. The summed E-state index contributed by atoms with van der Waals surface area (Å²) in [5, 5.41) is 7.45. The highest BCUT2D eigenvalue weighted by molar-refractivity contribution is 7.89. The van der Waals surface area contributed by atoms with E-state index in [0.717, 1.165) is 17.9 Å². The Morgan fingerprint density at radius 3 is 2.39 bits per heavy atom. The number of rotatable bonds is 4. The molecule has 2 aromatic rings. The van der Waals surface area contributed by atoms with E-state index in [2.05, 4.69) is 15.6 Å². The van der Waals surface area contributed by atoms with Crippen LogP contribution in [0.15, 0.2) is 58.4 Å². The molecule has 2 aliphatic heterocycles. The number of piperidine rings is 1. The lowest BCUT2D eigenvalue weighted by atomic mass is 9.85. The maximum Gasteiger partial charge on any atom is 0.243 e. The SMILES string of the molecule is Cl.O=S(=O)(c1ccc(Cl)cc1)N1CCC2(CC1)NCCN=C2NCc1ccc(F)cc1. The average molecular weight is 487 g/mol. The van der Waals surface area contributed by atoms with Crippen molar-refractivity contribution in [3.63, 3.8) is 0 Å². The van der Waals surface area contributed by atoms with Crippen molar-refractivity contribution in [1.82, 2.24) is 14.9 Å². The second-order valence-corrected chi connectivity index (χ2v) is 9.95. The van der Waals surface area contributed by atoms with Crippen LogP contribution in [0.3, 0.4) is 0 Å². The summed E-state index contributed by atoms with van der Waals surface area (Å²) in [5.74, 6) is 0.586. The van der Waals surface area contributed by atoms with E-state index in [9.17, 15) is 12.8 Å². The van der Waals surface area contributed by atoms with E-state index in [4.69, 9.17) is 11.6 Å². The zero-order chi connectivity index (χ0) is 21.2. The molecule has 168 valence electrons. The van der Waals surface area contributed by atoms with Crippen molar-refractivity contribution in [2.75, 3.05) is 26.2 Å². The summed E-state index contributed by atoms with van der Waals surface area (Å²) in [6, 6.07) is 12.6. The van der Waals surface area contributed by atoms with Crippen molar-refractivity contribution < 1.29 is 12.8 Å². The van der Waals surface area contributed by atoms with Gasteiger partial charge in [-0.05, 0) is 54.8 Å². The maximum absolute atomic E-state index is 13.1. The van der Waals surface area contributed by atoms with Gasteiger partial charge in [-0.15, -0.1) is 12.4 Å². The molecule has 6 nitrogen and oxygen atoms in total. The summed E-state index contributed by atoms with van der Waals surface area (Å²) in [7, 11) is -3.56. The van der Waals surface area contributed by atoms with Gasteiger partial charge < -0.3 is 10.6 Å². The van der Waals surface area contributed by atoms with Crippen LogP contribution >= 0.6 is 24.0 Å². The van der Waals surface area contributed by atoms with Gasteiger partial charge in [-0.1, -0.05) is 23.7 Å². The number of sulfonamides is 1. The number of halogens is 3. The minimum atomic E-state index is -3.56. The molecule has 0 amide bonds. The molecule has 0 atom stereocenters. The van der Waals surface area contributed by atoms with Crippen LogP contribution in [0.4, 0.5) is 4.39 Å². The number of aliphatic imine (C=N–C) groups is 1. The monoisotopic (exact) mass is 486 g/mol. The number of nitrogens with one attached hydrogen (secondary N) is 2. The Balaban J connectivity index is 0.00000272. The first-order chi connectivity index (χ1) is 14.4. The van der Waals surface area contributed by atoms with Gasteiger partial charge in [-0.25, -0.2) is 12.8 Å². The van der Waals surface area contributed by atoms with Crippen LogP contribution in [0.2, 0.25) is 5.02 Å². The Morgan fingerprint density at radius 2 is 1.74 bits per heavy atom. The zero-order valence-electron chi connectivity index (χ0n) is 16.9. The third-order valence-corrected chi connectivity index (χ3v) is 7.86. The van der Waals surface area contributed by atoms with Crippen molar-refractivity contribution in [3.05, 3.63) is 64.9 Å². The van der Waals surface area contributed by atoms with E-state index in [1.54, 1.807) is 24.3 Å². The lowest BCUT2D eigenvalue weighted by Crippen LogP contribution is -2.64. The van der Waals surface area contributed by atoms with E-state index in [0.29, 0.717) is 44.0 Å². The summed E-state index contributed by atoms with van der Waals surface area (Å²) in [4.78, 5) is 4.93. The van der Waals surface area contributed by atoms with Crippen LogP contribution in [0.1, 0.15) is 18.4 Å². The number of amidine groups is 1. The molecule has 10 heteroatoms. The van der Waals surface area contributed by atoms with Crippen molar-refractivity contribution in [3.8, 4) is 0 Å². The summed E-state index contributed by atoms with van der Waals surface area (Å²) in [6.45, 7) is 2.76. The maximum atomic E-state index is 13.1. The van der Waals surface area contributed by atoms with Crippen molar-refractivity contribution in [2.45, 2.75) is 29.8 Å². The van der Waals surface area contributed by atoms with Gasteiger partial charge >= 0.3 is 0 Å². The number of nitrogens with zero attached hydrogens (tertiary/aromatic N) is 2. The molecule has 0 radical (unpaired) electrons. The van der Waals surface area contributed by atoms with Crippen LogP contribution < -0.4 is 10.6 Å². The fourth-order valence-electron chi connectivity index (χ4n) is 3.99. The molecule has 0 unspecified atom stereocenters. The topological polar surface area (TPSA) is 73.8 Å². The Hall–Kier alpha value is -1.71. The van der Waals surface area contributed by atoms with Gasteiger partial charge in [0.05, 0.1) is 17.0 Å². The molecule has 2 N–H and O–H groups in total. The molecule has 2 heterocycles. The van der Waals surface area contributed by atoms with E-state index in [1.165, 1.54) is 28.6 Å². The minimum absolute atomic E-state index is 0. The standard InChI is InChI=1S/C21H24ClFN4O2S.ClH/c22-17-3-7-19(8-4-17)30(28,29)27-13-9-21(10-14-27)20(24-11-12-26-21)25-15-16-1-5-18(23)6-2-16;/h1-8,26H,9-15H2,(H,24,25);1H. The van der Waals surface area contributed by atoms with Gasteiger partial charge in [0.15, 0.2) is 0 Å². The lowest BCUT2D eigenvalue weighted by molar-refractivity contribution is 0.241. The van der Waals surface area contributed by atoms with Crippen LogP contribution in [0, 0.1) is 5.82 Å².